The van der Waals surface area contributed by atoms with Crippen molar-refractivity contribution in [1.29, 1.82) is 0 Å². The third-order valence-electron chi connectivity index (χ3n) is 4.12. The van der Waals surface area contributed by atoms with Crippen LogP contribution in [0.2, 0.25) is 0 Å². The van der Waals surface area contributed by atoms with Crippen LogP contribution in [0.5, 0.6) is 0 Å². The minimum absolute atomic E-state index is 0.0342. The van der Waals surface area contributed by atoms with Crippen molar-refractivity contribution >= 4 is 21.7 Å². The van der Waals surface area contributed by atoms with Crippen LogP contribution in [-0.2, 0) is 4.79 Å². The Morgan fingerprint density at radius 2 is 2.00 bits per heavy atom. The molecule has 0 aromatic rings. The maximum absolute atomic E-state index is 11.7. The standard InChI is InChI=1S/C10H15BrO2/c1-9(2)5-4-6(9)10(3,13)8(12)7(5)11/h5-7,13H,4H2,1-3H3/t5-,6-,7+,10+/m0/s1. The molecule has 3 fully saturated rings. The van der Waals surface area contributed by atoms with Gasteiger partial charge in [-0.05, 0) is 24.7 Å². The summed E-state index contributed by atoms with van der Waals surface area (Å²) in [5.41, 5.74) is -1.02. The van der Waals surface area contributed by atoms with Crippen LogP contribution in [0.1, 0.15) is 27.2 Å². The molecule has 0 aromatic carbocycles. The Morgan fingerprint density at radius 1 is 1.46 bits per heavy atom. The summed E-state index contributed by atoms with van der Waals surface area (Å²) in [6, 6.07) is 0. The van der Waals surface area contributed by atoms with Crippen molar-refractivity contribution in [3.05, 3.63) is 0 Å². The SMILES string of the molecule is CC1(C)[C@H]2C[C@@H]1[C@@](C)(O)C(=O)[C@@H]2Br. The minimum atomic E-state index is -1.12. The molecule has 1 N–H and O–H groups in total. The lowest BCUT2D eigenvalue weighted by Gasteiger charge is -2.63. The van der Waals surface area contributed by atoms with Gasteiger partial charge in [-0.3, -0.25) is 4.79 Å². The number of carbonyl (C=O) groups excluding carboxylic acids is 1. The average molecular weight is 247 g/mol. The third-order valence-corrected chi connectivity index (χ3v) is 5.18. The van der Waals surface area contributed by atoms with E-state index < -0.39 is 5.60 Å². The zero-order valence-electron chi connectivity index (χ0n) is 8.17. The molecule has 0 amide bonds. The largest absolute Gasteiger partial charge is 0.382 e. The Hall–Kier alpha value is 0.110. The molecule has 3 aliphatic carbocycles. The molecule has 74 valence electrons. The molecular weight excluding hydrogens is 232 g/mol. The second-order valence-corrected chi connectivity index (χ2v) is 6.12. The first-order valence-electron chi connectivity index (χ1n) is 4.70. The van der Waals surface area contributed by atoms with Gasteiger partial charge in [0.15, 0.2) is 5.78 Å². The quantitative estimate of drug-likeness (QED) is 0.662. The highest BCUT2D eigenvalue weighted by molar-refractivity contribution is 9.10. The van der Waals surface area contributed by atoms with Gasteiger partial charge in [0.25, 0.3) is 0 Å². The first kappa shape index (κ1) is 9.66. The summed E-state index contributed by atoms with van der Waals surface area (Å²) in [7, 11) is 0. The zero-order valence-corrected chi connectivity index (χ0v) is 9.76. The van der Waals surface area contributed by atoms with Crippen LogP contribution in [-0.4, -0.2) is 21.3 Å². The Bertz CT molecular complexity index is 270. The molecule has 2 bridgehead atoms. The van der Waals surface area contributed by atoms with Crippen molar-refractivity contribution in [2.45, 2.75) is 37.6 Å². The number of alkyl halides is 1. The smallest absolute Gasteiger partial charge is 0.178 e. The Morgan fingerprint density at radius 3 is 2.38 bits per heavy atom. The number of Topliss-reactive ketones (excluding diaryl/α,β-unsaturated/α-hetero) is 1. The van der Waals surface area contributed by atoms with Crippen LogP contribution >= 0.6 is 15.9 Å². The fourth-order valence-corrected chi connectivity index (χ4v) is 4.40. The van der Waals surface area contributed by atoms with E-state index in [0.717, 1.165) is 6.42 Å². The number of fused-ring (bicyclic) bond motifs is 2. The lowest BCUT2D eigenvalue weighted by Crippen LogP contribution is -2.69. The molecule has 0 saturated heterocycles. The number of halogens is 1. The van der Waals surface area contributed by atoms with Crippen LogP contribution in [0.15, 0.2) is 0 Å². The van der Waals surface area contributed by atoms with Gasteiger partial charge in [-0.25, -0.2) is 0 Å². The van der Waals surface area contributed by atoms with Crippen LogP contribution in [0.4, 0.5) is 0 Å². The highest BCUT2D eigenvalue weighted by Gasteiger charge is 2.66. The Labute approximate surface area is 86.8 Å². The van der Waals surface area contributed by atoms with Gasteiger partial charge >= 0.3 is 0 Å². The van der Waals surface area contributed by atoms with Gasteiger partial charge in [-0.15, -0.1) is 0 Å². The number of carbonyl (C=O) groups is 1. The summed E-state index contributed by atoms with van der Waals surface area (Å²) >= 11 is 3.40. The van der Waals surface area contributed by atoms with Crippen LogP contribution in [0.25, 0.3) is 0 Å². The molecule has 3 saturated carbocycles. The Kier molecular flexibility index (Phi) is 1.76. The predicted octanol–water partition coefficient (Wildman–Crippen LogP) is 1.75. The molecule has 0 radical (unpaired) electrons. The second kappa shape index (κ2) is 2.37. The van der Waals surface area contributed by atoms with Gasteiger partial charge in [0.1, 0.15) is 5.60 Å². The van der Waals surface area contributed by atoms with Crippen molar-refractivity contribution in [2.75, 3.05) is 0 Å². The van der Waals surface area contributed by atoms with Gasteiger partial charge in [0.2, 0.25) is 0 Å². The average Bonchev–Trinajstić information content (AvgIpc) is 1.98. The number of aliphatic hydroxyl groups is 1. The molecule has 4 atom stereocenters. The van der Waals surface area contributed by atoms with Crippen molar-refractivity contribution in [1.82, 2.24) is 0 Å². The monoisotopic (exact) mass is 246 g/mol. The zero-order chi connectivity index (χ0) is 10.0. The van der Waals surface area contributed by atoms with E-state index in [1.807, 2.05) is 0 Å². The number of hydrogen-bond acceptors (Lipinski definition) is 2. The van der Waals surface area contributed by atoms with E-state index in [0.29, 0.717) is 5.92 Å². The van der Waals surface area contributed by atoms with Crippen molar-refractivity contribution < 1.29 is 9.90 Å². The van der Waals surface area contributed by atoms with Crippen LogP contribution < -0.4 is 0 Å². The molecule has 3 aliphatic rings. The highest BCUT2D eigenvalue weighted by Crippen LogP contribution is 2.62. The summed E-state index contributed by atoms with van der Waals surface area (Å²) in [5.74, 6) is 0.518. The van der Waals surface area contributed by atoms with Gasteiger partial charge in [-0.2, -0.15) is 0 Å². The topological polar surface area (TPSA) is 37.3 Å². The molecule has 0 spiro atoms. The van der Waals surface area contributed by atoms with Crippen LogP contribution in [0.3, 0.4) is 0 Å². The van der Waals surface area contributed by atoms with E-state index in [9.17, 15) is 9.90 Å². The first-order valence-corrected chi connectivity index (χ1v) is 5.62. The van der Waals surface area contributed by atoms with E-state index >= 15 is 0 Å². The lowest BCUT2D eigenvalue weighted by molar-refractivity contribution is -0.193. The second-order valence-electron chi connectivity index (χ2n) is 5.13. The summed E-state index contributed by atoms with van der Waals surface area (Å²) in [6.45, 7) is 5.94. The molecule has 0 aliphatic heterocycles. The van der Waals surface area contributed by atoms with Crippen molar-refractivity contribution in [3.63, 3.8) is 0 Å². The minimum Gasteiger partial charge on any atom is -0.382 e. The van der Waals surface area contributed by atoms with E-state index in [4.69, 9.17) is 0 Å². The lowest BCUT2D eigenvalue weighted by atomic mass is 9.44. The van der Waals surface area contributed by atoms with E-state index in [-0.39, 0.29) is 21.9 Å². The van der Waals surface area contributed by atoms with Gasteiger partial charge in [0.05, 0.1) is 4.83 Å². The third kappa shape index (κ3) is 0.949. The first-order chi connectivity index (χ1) is 5.79. The van der Waals surface area contributed by atoms with E-state index in [2.05, 4.69) is 29.8 Å². The van der Waals surface area contributed by atoms with Gasteiger partial charge < -0.3 is 5.11 Å². The summed E-state index contributed by atoms with van der Waals surface area (Å²) in [5, 5.41) is 10.1. The molecule has 0 unspecified atom stereocenters. The molecule has 3 heteroatoms. The summed E-state index contributed by atoms with van der Waals surface area (Å²) < 4.78 is 0. The summed E-state index contributed by atoms with van der Waals surface area (Å²) in [4.78, 5) is 11.5. The fraction of sp³-hybridized carbons (Fsp3) is 0.900. The predicted molar refractivity (Wildman–Crippen MR) is 53.7 cm³/mol. The Balaban J connectivity index is 2.39. The number of hydrogen-bond donors (Lipinski definition) is 1. The summed E-state index contributed by atoms with van der Waals surface area (Å²) in [6.07, 6.45) is 0.974. The van der Waals surface area contributed by atoms with Gasteiger partial charge in [0, 0.05) is 5.92 Å². The molecule has 13 heavy (non-hydrogen) atoms. The highest BCUT2D eigenvalue weighted by atomic mass is 79.9. The molecule has 3 rings (SSSR count). The molecule has 0 heterocycles. The van der Waals surface area contributed by atoms with E-state index in [1.54, 1.807) is 6.92 Å². The van der Waals surface area contributed by atoms with Gasteiger partial charge in [-0.1, -0.05) is 29.8 Å². The maximum Gasteiger partial charge on any atom is 0.178 e. The molecular formula is C10H15BrO2. The number of rotatable bonds is 0. The molecule has 0 aromatic heterocycles. The van der Waals surface area contributed by atoms with Crippen molar-refractivity contribution in [2.24, 2.45) is 17.3 Å². The molecule has 2 nitrogen and oxygen atoms in total. The fourth-order valence-electron chi connectivity index (χ4n) is 3.04. The van der Waals surface area contributed by atoms with Crippen LogP contribution in [0, 0.1) is 17.3 Å². The normalized spacial score (nSPS) is 53.0. The maximum atomic E-state index is 11.7. The van der Waals surface area contributed by atoms with Crippen molar-refractivity contribution in [3.8, 4) is 0 Å². The van der Waals surface area contributed by atoms with E-state index in [1.165, 1.54) is 0 Å². The number of ketones is 1.